The Morgan fingerprint density at radius 3 is 2.34 bits per heavy atom. The molecule has 0 spiro atoms. The zero-order chi connectivity index (χ0) is 21.2. The minimum Gasteiger partial charge on any atom is -0.352 e. The third kappa shape index (κ3) is 5.01. The molecule has 29 heavy (non-hydrogen) atoms. The van der Waals surface area contributed by atoms with Crippen LogP contribution in [0.1, 0.15) is 50.7 Å². The van der Waals surface area contributed by atoms with E-state index in [9.17, 15) is 13.2 Å². The van der Waals surface area contributed by atoms with E-state index in [2.05, 4.69) is 17.1 Å². The van der Waals surface area contributed by atoms with Crippen molar-refractivity contribution >= 4 is 15.9 Å². The van der Waals surface area contributed by atoms with Crippen LogP contribution in [-0.4, -0.2) is 61.8 Å². The van der Waals surface area contributed by atoms with Gasteiger partial charge in [-0.3, -0.25) is 9.69 Å². The molecule has 1 aromatic rings. The van der Waals surface area contributed by atoms with Crippen LogP contribution >= 0.6 is 0 Å². The van der Waals surface area contributed by atoms with Crippen LogP contribution in [-0.2, 0) is 14.8 Å². The molecule has 1 N–H and O–H groups in total. The number of carbonyl (C=O) groups is 1. The van der Waals surface area contributed by atoms with Gasteiger partial charge in [0, 0.05) is 32.2 Å². The molecule has 3 atom stereocenters. The Bertz CT molecular complexity index is 832. The normalized spacial score (nSPS) is 25.5. The smallest absolute Gasteiger partial charge is 0.243 e. The van der Waals surface area contributed by atoms with Crippen LogP contribution in [0.25, 0.3) is 0 Å². The van der Waals surface area contributed by atoms with Gasteiger partial charge in [0.05, 0.1) is 10.9 Å². The highest BCUT2D eigenvalue weighted by atomic mass is 32.2. The molecular formula is C22H35N3O3S. The van der Waals surface area contributed by atoms with E-state index < -0.39 is 10.0 Å². The fourth-order valence-electron chi connectivity index (χ4n) is 4.35. The van der Waals surface area contributed by atoms with Crippen molar-refractivity contribution < 1.29 is 13.2 Å². The lowest BCUT2D eigenvalue weighted by Crippen LogP contribution is -2.56. The Morgan fingerprint density at radius 2 is 1.72 bits per heavy atom. The summed E-state index contributed by atoms with van der Waals surface area (Å²) in [6.07, 6.45) is 4.66. The van der Waals surface area contributed by atoms with Gasteiger partial charge in [-0.15, -0.1) is 0 Å². The van der Waals surface area contributed by atoms with Gasteiger partial charge in [-0.1, -0.05) is 25.8 Å². The van der Waals surface area contributed by atoms with E-state index in [-0.39, 0.29) is 18.0 Å². The topological polar surface area (TPSA) is 69.7 Å². The highest BCUT2D eigenvalue weighted by Gasteiger charge is 2.33. The average Bonchev–Trinajstić information content (AvgIpc) is 2.71. The van der Waals surface area contributed by atoms with Crippen LogP contribution in [0.5, 0.6) is 0 Å². The molecule has 0 radical (unpaired) electrons. The zero-order valence-electron chi connectivity index (χ0n) is 18.1. The van der Waals surface area contributed by atoms with Crippen LogP contribution in [0.15, 0.2) is 23.1 Å². The lowest BCUT2D eigenvalue weighted by Gasteiger charge is -2.38. The number of nitrogens with zero attached hydrogens (tertiary/aromatic N) is 2. The number of sulfonamides is 1. The molecule has 3 rings (SSSR count). The minimum atomic E-state index is -3.49. The second-order valence-electron chi connectivity index (χ2n) is 8.74. The van der Waals surface area contributed by atoms with Crippen LogP contribution in [0, 0.1) is 19.8 Å². The Hall–Kier alpha value is -1.44. The molecule has 6 nitrogen and oxygen atoms in total. The molecule has 1 saturated carbocycles. The molecule has 0 bridgehead atoms. The second-order valence-corrected chi connectivity index (χ2v) is 10.7. The van der Waals surface area contributed by atoms with Crippen LogP contribution in [0.4, 0.5) is 0 Å². The van der Waals surface area contributed by atoms with Crippen molar-refractivity contribution in [2.45, 2.75) is 70.4 Å². The Morgan fingerprint density at radius 1 is 1.07 bits per heavy atom. The van der Waals surface area contributed by atoms with Crippen LogP contribution in [0.3, 0.4) is 0 Å². The summed E-state index contributed by atoms with van der Waals surface area (Å²) >= 11 is 0. The molecule has 1 amide bonds. The van der Waals surface area contributed by atoms with Gasteiger partial charge < -0.3 is 5.32 Å². The summed E-state index contributed by atoms with van der Waals surface area (Å²) in [5.74, 6) is 0.592. The summed E-state index contributed by atoms with van der Waals surface area (Å²) in [5.41, 5.74) is 2.06. The molecule has 1 saturated heterocycles. The van der Waals surface area contributed by atoms with Crippen molar-refractivity contribution in [2.75, 3.05) is 26.2 Å². The Labute approximate surface area is 175 Å². The third-order valence-corrected chi connectivity index (χ3v) is 8.65. The number of hydrogen-bond donors (Lipinski definition) is 1. The molecule has 0 aromatic heterocycles. The van der Waals surface area contributed by atoms with E-state index in [0.29, 0.717) is 37.0 Å². The van der Waals surface area contributed by atoms with Gasteiger partial charge in [-0.2, -0.15) is 4.31 Å². The van der Waals surface area contributed by atoms with E-state index in [1.165, 1.54) is 19.3 Å². The SMILES string of the molecule is Cc1ccc(S(=O)(=O)N2CCN([C@H](C)C(=O)N[C@H]3CCCC[C@@H]3C)CC2)cc1C. The summed E-state index contributed by atoms with van der Waals surface area (Å²) < 4.78 is 27.5. The highest BCUT2D eigenvalue weighted by molar-refractivity contribution is 7.89. The molecule has 1 aromatic carbocycles. The van der Waals surface area contributed by atoms with Crippen molar-refractivity contribution in [3.8, 4) is 0 Å². The maximum atomic E-state index is 13.0. The molecule has 0 unspecified atom stereocenters. The van der Waals surface area contributed by atoms with Gasteiger partial charge in [-0.05, 0) is 62.8 Å². The number of benzene rings is 1. The van der Waals surface area contributed by atoms with E-state index in [1.54, 1.807) is 16.4 Å². The maximum absolute atomic E-state index is 13.0. The number of nitrogens with one attached hydrogen (secondary N) is 1. The average molecular weight is 422 g/mol. The molecule has 7 heteroatoms. The molecular weight excluding hydrogens is 386 g/mol. The first-order valence-corrected chi connectivity index (χ1v) is 12.3. The van der Waals surface area contributed by atoms with E-state index >= 15 is 0 Å². The van der Waals surface area contributed by atoms with Gasteiger partial charge in [0.1, 0.15) is 0 Å². The van der Waals surface area contributed by atoms with Gasteiger partial charge in [0.2, 0.25) is 15.9 Å². The molecule has 1 aliphatic heterocycles. The molecule has 1 heterocycles. The summed E-state index contributed by atoms with van der Waals surface area (Å²) in [7, 11) is -3.49. The third-order valence-electron chi connectivity index (χ3n) is 6.76. The minimum absolute atomic E-state index is 0.0641. The van der Waals surface area contributed by atoms with E-state index in [1.807, 2.05) is 26.8 Å². The fraction of sp³-hybridized carbons (Fsp3) is 0.682. The van der Waals surface area contributed by atoms with Crippen molar-refractivity contribution in [3.63, 3.8) is 0 Å². The Balaban J connectivity index is 1.57. The predicted octanol–water partition coefficient (Wildman–Crippen LogP) is 2.69. The van der Waals surface area contributed by atoms with Crippen molar-refractivity contribution in [1.29, 1.82) is 0 Å². The van der Waals surface area contributed by atoms with Crippen molar-refractivity contribution in [1.82, 2.24) is 14.5 Å². The first-order valence-electron chi connectivity index (χ1n) is 10.8. The molecule has 162 valence electrons. The largest absolute Gasteiger partial charge is 0.352 e. The zero-order valence-corrected chi connectivity index (χ0v) is 19.0. The summed E-state index contributed by atoms with van der Waals surface area (Å²) in [6.45, 7) is 10.0. The first kappa shape index (κ1) is 22.2. The van der Waals surface area contributed by atoms with Crippen molar-refractivity contribution in [3.05, 3.63) is 29.3 Å². The number of hydrogen-bond acceptors (Lipinski definition) is 4. The lowest BCUT2D eigenvalue weighted by atomic mass is 9.86. The van der Waals surface area contributed by atoms with Gasteiger partial charge in [-0.25, -0.2) is 8.42 Å². The standard InChI is InChI=1S/C22H35N3O3S/c1-16-9-10-20(15-18(16)3)29(27,28)25-13-11-24(12-14-25)19(4)22(26)23-21-8-6-5-7-17(21)2/h9-10,15,17,19,21H,5-8,11-14H2,1-4H3,(H,23,26)/t17-,19+,21-/m0/s1. The molecule has 1 aliphatic carbocycles. The van der Waals surface area contributed by atoms with Gasteiger partial charge in [0.15, 0.2) is 0 Å². The van der Waals surface area contributed by atoms with Gasteiger partial charge >= 0.3 is 0 Å². The summed E-state index contributed by atoms with van der Waals surface area (Å²) in [5, 5.41) is 3.23. The number of piperazine rings is 1. The number of carbonyl (C=O) groups excluding carboxylic acids is 1. The number of amides is 1. The second kappa shape index (κ2) is 9.14. The molecule has 2 aliphatic rings. The van der Waals surface area contributed by atoms with E-state index in [4.69, 9.17) is 0 Å². The van der Waals surface area contributed by atoms with E-state index in [0.717, 1.165) is 17.5 Å². The van der Waals surface area contributed by atoms with Crippen LogP contribution in [0.2, 0.25) is 0 Å². The Kier molecular flexibility index (Phi) is 7.02. The maximum Gasteiger partial charge on any atom is 0.243 e. The lowest BCUT2D eigenvalue weighted by molar-refractivity contribution is -0.127. The monoisotopic (exact) mass is 421 g/mol. The quantitative estimate of drug-likeness (QED) is 0.794. The highest BCUT2D eigenvalue weighted by Crippen LogP contribution is 2.24. The first-order chi connectivity index (χ1) is 13.7. The number of rotatable bonds is 5. The molecule has 2 fully saturated rings. The van der Waals surface area contributed by atoms with Crippen LogP contribution < -0.4 is 5.32 Å². The van der Waals surface area contributed by atoms with Gasteiger partial charge in [0.25, 0.3) is 0 Å². The number of aryl methyl sites for hydroxylation is 2. The summed E-state index contributed by atoms with van der Waals surface area (Å²) in [4.78, 5) is 15.2. The predicted molar refractivity (Wildman–Crippen MR) is 115 cm³/mol. The summed E-state index contributed by atoms with van der Waals surface area (Å²) in [6, 6.07) is 5.32. The van der Waals surface area contributed by atoms with Crippen molar-refractivity contribution in [2.24, 2.45) is 5.92 Å². The fourth-order valence-corrected chi connectivity index (χ4v) is 5.86.